The highest BCUT2D eigenvalue weighted by Crippen LogP contribution is 2.28. The Kier molecular flexibility index (Phi) is 5.43. The molecule has 146 valence electrons. The van der Waals surface area contributed by atoms with E-state index in [1.807, 2.05) is 11.0 Å². The number of rotatable bonds is 0. The van der Waals surface area contributed by atoms with Crippen LogP contribution in [0.2, 0.25) is 0 Å². The molecule has 9 heteroatoms. The Bertz CT molecular complexity index is 890. The molecule has 1 unspecified atom stereocenters. The average molecular weight is 384 g/mol. The van der Waals surface area contributed by atoms with Crippen molar-refractivity contribution in [2.24, 2.45) is 0 Å². The predicted octanol–water partition coefficient (Wildman–Crippen LogP) is 2.23. The molecule has 2 aliphatic heterocycles. The fraction of sp³-hybridized carbons (Fsp3) is 0.368. The van der Waals surface area contributed by atoms with E-state index in [0.29, 0.717) is 43.6 Å². The Hall–Kier alpha value is -3.07. The summed E-state index contributed by atoms with van der Waals surface area (Å²) in [5.74, 6) is -0.614. The lowest BCUT2D eigenvalue weighted by Gasteiger charge is -2.34. The third-order valence-electron chi connectivity index (χ3n) is 4.60. The van der Waals surface area contributed by atoms with Crippen LogP contribution in [0.1, 0.15) is 23.3 Å². The number of morpholine rings is 1. The summed E-state index contributed by atoms with van der Waals surface area (Å²) >= 11 is 0. The minimum absolute atomic E-state index is 0.0922. The molecule has 2 aromatic rings. The smallest absolute Gasteiger partial charge is 0.274 e. The molecule has 1 atom stereocenters. The number of ether oxygens (including phenoxy) is 1. The quantitative estimate of drug-likeness (QED) is 0.531. The highest BCUT2D eigenvalue weighted by Gasteiger charge is 2.23. The lowest BCUT2D eigenvalue weighted by molar-refractivity contribution is 0.0716. The van der Waals surface area contributed by atoms with Gasteiger partial charge in [0.25, 0.3) is 5.91 Å². The van der Waals surface area contributed by atoms with Gasteiger partial charge in [0.05, 0.1) is 30.3 Å². The van der Waals surface area contributed by atoms with Gasteiger partial charge in [-0.15, -0.1) is 0 Å². The molecule has 1 fully saturated rings. The van der Waals surface area contributed by atoms with Gasteiger partial charge in [-0.25, -0.2) is 15.0 Å². The normalized spacial score (nSPS) is 21.2. The molecule has 1 saturated heterocycles. The highest BCUT2D eigenvalue weighted by atomic mass is 19.1. The Morgan fingerprint density at radius 2 is 2.25 bits per heavy atom. The summed E-state index contributed by atoms with van der Waals surface area (Å²) in [6.45, 7) is 2.37. The van der Waals surface area contributed by atoms with Gasteiger partial charge in [-0.3, -0.25) is 4.79 Å². The van der Waals surface area contributed by atoms with Crippen LogP contribution in [-0.4, -0.2) is 53.2 Å². The zero-order valence-corrected chi connectivity index (χ0v) is 15.3. The van der Waals surface area contributed by atoms with E-state index in [9.17, 15) is 9.18 Å². The van der Waals surface area contributed by atoms with Crippen LogP contribution < -0.4 is 15.5 Å². The zero-order valence-electron chi connectivity index (χ0n) is 15.3. The molecule has 0 radical (unpaired) electrons. The molecule has 4 bridgehead atoms. The van der Waals surface area contributed by atoms with E-state index in [4.69, 9.17) is 4.74 Å². The maximum atomic E-state index is 13.8. The van der Waals surface area contributed by atoms with Gasteiger partial charge in [0.1, 0.15) is 5.69 Å². The molecular weight excluding hydrogens is 363 g/mol. The Morgan fingerprint density at radius 3 is 3.18 bits per heavy atom. The van der Waals surface area contributed by atoms with Crippen LogP contribution in [0.25, 0.3) is 0 Å². The number of halogens is 1. The minimum Gasteiger partial charge on any atom is -0.370 e. The van der Waals surface area contributed by atoms with Crippen molar-refractivity contribution in [1.82, 2.24) is 15.0 Å². The summed E-state index contributed by atoms with van der Waals surface area (Å²) in [7, 11) is 0. The summed E-state index contributed by atoms with van der Waals surface area (Å²) in [4.78, 5) is 26.8. The van der Waals surface area contributed by atoms with E-state index in [1.165, 1.54) is 24.5 Å². The molecule has 2 aromatic heterocycles. The van der Waals surface area contributed by atoms with Gasteiger partial charge in [-0.05, 0) is 18.9 Å². The summed E-state index contributed by atoms with van der Waals surface area (Å²) in [6, 6.07) is 2.87. The van der Waals surface area contributed by atoms with Crippen LogP contribution in [0, 0.1) is 5.95 Å². The van der Waals surface area contributed by atoms with Crippen molar-refractivity contribution in [3.05, 3.63) is 48.3 Å². The average Bonchev–Trinajstić information content (AvgIpc) is 2.71. The molecule has 4 rings (SSSR count). The van der Waals surface area contributed by atoms with Gasteiger partial charge < -0.3 is 20.3 Å². The van der Waals surface area contributed by atoms with Gasteiger partial charge in [0.15, 0.2) is 0 Å². The molecule has 0 aliphatic carbocycles. The Morgan fingerprint density at radius 1 is 1.32 bits per heavy atom. The van der Waals surface area contributed by atoms with Crippen molar-refractivity contribution in [1.29, 1.82) is 0 Å². The number of amides is 1. The fourth-order valence-electron chi connectivity index (χ4n) is 3.21. The molecule has 8 nitrogen and oxygen atoms in total. The van der Waals surface area contributed by atoms with Gasteiger partial charge in [-0.1, -0.05) is 12.2 Å². The molecule has 1 amide bonds. The first-order valence-corrected chi connectivity index (χ1v) is 9.26. The second-order valence-electron chi connectivity index (χ2n) is 6.60. The van der Waals surface area contributed by atoms with Crippen LogP contribution in [0.5, 0.6) is 0 Å². The van der Waals surface area contributed by atoms with Crippen LogP contribution in [0.4, 0.5) is 21.7 Å². The van der Waals surface area contributed by atoms with E-state index < -0.39 is 11.9 Å². The topological polar surface area (TPSA) is 92.3 Å². The van der Waals surface area contributed by atoms with Gasteiger partial charge in [0, 0.05) is 31.9 Å². The molecule has 28 heavy (non-hydrogen) atoms. The van der Waals surface area contributed by atoms with Crippen molar-refractivity contribution >= 4 is 23.2 Å². The van der Waals surface area contributed by atoms with Gasteiger partial charge in [-0.2, -0.15) is 4.39 Å². The van der Waals surface area contributed by atoms with Crippen LogP contribution in [0.15, 0.2) is 36.7 Å². The van der Waals surface area contributed by atoms with Crippen LogP contribution >= 0.6 is 0 Å². The number of carbonyl (C=O) groups is 1. The molecule has 0 saturated carbocycles. The van der Waals surface area contributed by atoms with Crippen LogP contribution in [-0.2, 0) is 4.74 Å². The first kappa shape index (κ1) is 18.3. The van der Waals surface area contributed by atoms with Gasteiger partial charge in [0.2, 0.25) is 11.9 Å². The number of nitrogens with zero attached hydrogens (tertiary/aromatic N) is 4. The molecule has 4 heterocycles. The lowest BCUT2D eigenvalue weighted by Crippen LogP contribution is -2.42. The molecule has 0 aromatic carbocycles. The molecule has 2 aliphatic rings. The SMILES string of the molecule is O=C1Nc2cnc(F)cc2N2CCOC(/C=C/CCCNc3nccc1n3)C2. The standard InChI is InChI=1S/C19H21FN6O2/c20-17-10-16-15(11-23-17)24-18(27)14-5-7-22-19(25-14)21-6-3-1-2-4-13-12-26(16)8-9-28-13/h2,4-5,7,10-11,13H,1,3,6,8-9,12H2,(H,24,27)(H,21,22,25)/b4-2+. The van der Waals surface area contributed by atoms with E-state index in [0.717, 1.165) is 12.8 Å². The van der Waals surface area contributed by atoms with E-state index in [2.05, 4.69) is 31.7 Å². The number of fused-ring (bicyclic) bond motifs is 6. The van der Waals surface area contributed by atoms with Gasteiger partial charge >= 0.3 is 0 Å². The van der Waals surface area contributed by atoms with E-state index in [-0.39, 0.29) is 11.8 Å². The summed E-state index contributed by atoms with van der Waals surface area (Å²) in [5.41, 5.74) is 1.22. The van der Waals surface area contributed by atoms with Crippen molar-refractivity contribution < 1.29 is 13.9 Å². The fourth-order valence-corrected chi connectivity index (χ4v) is 3.21. The first-order chi connectivity index (χ1) is 13.7. The maximum Gasteiger partial charge on any atom is 0.274 e. The number of anilines is 3. The largest absolute Gasteiger partial charge is 0.370 e. The Balaban J connectivity index is 1.69. The van der Waals surface area contributed by atoms with E-state index in [1.54, 1.807) is 0 Å². The van der Waals surface area contributed by atoms with Crippen molar-refractivity contribution in [3.63, 3.8) is 0 Å². The predicted molar refractivity (Wildman–Crippen MR) is 103 cm³/mol. The van der Waals surface area contributed by atoms with Crippen LogP contribution in [0.3, 0.4) is 0 Å². The maximum absolute atomic E-state index is 13.8. The summed E-state index contributed by atoms with van der Waals surface area (Å²) < 4.78 is 19.6. The third kappa shape index (κ3) is 4.25. The molecular formula is C19H21FN6O2. The third-order valence-corrected chi connectivity index (χ3v) is 4.60. The molecule has 2 N–H and O–H groups in total. The summed E-state index contributed by atoms with van der Waals surface area (Å²) in [6.07, 6.45) is 8.66. The number of hydrogen-bond acceptors (Lipinski definition) is 7. The Labute approximate surface area is 161 Å². The number of pyridine rings is 1. The zero-order chi connectivity index (χ0) is 19.3. The van der Waals surface area contributed by atoms with Crippen molar-refractivity contribution in [2.75, 3.05) is 41.8 Å². The van der Waals surface area contributed by atoms with Crippen molar-refractivity contribution in [2.45, 2.75) is 18.9 Å². The minimum atomic E-state index is -0.602. The number of nitrogens with one attached hydrogen (secondary N) is 2. The number of allylic oxidation sites excluding steroid dienone is 1. The lowest BCUT2D eigenvalue weighted by atomic mass is 10.2. The van der Waals surface area contributed by atoms with E-state index >= 15 is 0 Å². The number of carbonyl (C=O) groups excluding carboxylic acids is 1. The number of hydrogen-bond donors (Lipinski definition) is 2. The summed E-state index contributed by atoms with van der Waals surface area (Å²) in [5, 5.41) is 5.91. The highest BCUT2D eigenvalue weighted by molar-refractivity contribution is 6.04. The number of aromatic nitrogens is 3. The van der Waals surface area contributed by atoms with Crippen molar-refractivity contribution in [3.8, 4) is 0 Å². The second kappa shape index (κ2) is 8.30. The monoisotopic (exact) mass is 384 g/mol. The first-order valence-electron chi connectivity index (χ1n) is 9.26. The molecule has 0 spiro atoms. The second-order valence-corrected chi connectivity index (χ2v) is 6.60.